The Hall–Kier alpha value is -3.00. The second kappa shape index (κ2) is 10.3. The van der Waals surface area contributed by atoms with Crippen LogP contribution in [0.4, 0.5) is 10.1 Å². The molecule has 35 heavy (non-hydrogen) atoms. The van der Waals surface area contributed by atoms with Gasteiger partial charge in [0.15, 0.2) is 0 Å². The molecule has 0 spiro atoms. The van der Waals surface area contributed by atoms with Gasteiger partial charge in [-0.05, 0) is 65.8 Å². The van der Waals surface area contributed by atoms with Crippen molar-refractivity contribution in [3.05, 3.63) is 77.1 Å². The number of fused-ring (bicyclic) bond motifs is 2. The molecule has 184 valence electrons. The van der Waals surface area contributed by atoms with Gasteiger partial charge in [0.2, 0.25) is 5.91 Å². The normalized spacial score (nSPS) is 20.7. The zero-order chi connectivity index (χ0) is 24.4. The molecule has 1 saturated heterocycles. The largest absolute Gasteiger partial charge is 0.383 e. The Morgan fingerprint density at radius 2 is 2.06 bits per heavy atom. The van der Waals surface area contributed by atoms with E-state index in [-0.39, 0.29) is 18.0 Å². The maximum absolute atomic E-state index is 13.7. The van der Waals surface area contributed by atoms with E-state index >= 15 is 0 Å². The molecule has 1 fully saturated rings. The first-order valence-corrected chi connectivity index (χ1v) is 12.2. The molecule has 7 heteroatoms. The highest BCUT2D eigenvalue weighted by atomic mass is 19.1. The summed E-state index contributed by atoms with van der Waals surface area (Å²) in [5.74, 6) is -0.610. The predicted molar refractivity (Wildman–Crippen MR) is 135 cm³/mol. The van der Waals surface area contributed by atoms with Gasteiger partial charge >= 0.3 is 0 Å². The molecule has 0 radical (unpaired) electrons. The van der Waals surface area contributed by atoms with Crippen molar-refractivity contribution in [3.63, 3.8) is 0 Å². The fourth-order valence-corrected chi connectivity index (χ4v) is 5.48. The number of nitrogens with zero attached hydrogens (tertiary/aromatic N) is 2. The van der Waals surface area contributed by atoms with Gasteiger partial charge in [-0.1, -0.05) is 18.2 Å². The maximum atomic E-state index is 13.7. The van der Waals surface area contributed by atoms with Gasteiger partial charge in [-0.2, -0.15) is 0 Å². The lowest BCUT2D eigenvalue weighted by molar-refractivity contribution is 0.0178. The van der Waals surface area contributed by atoms with Crippen LogP contribution >= 0.6 is 0 Å². The number of amides is 1. The Labute approximate surface area is 205 Å². The molecular formula is C28H32FN3O3. The number of carbonyl (C=O) groups is 1. The Bertz CT molecular complexity index is 1220. The van der Waals surface area contributed by atoms with Gasteiger partial charge in [-0.3, -0.25) is 9.69 Å². The summed E-state index contributed by atoms with van der Waals surface area (Å²) in [5.41, 5.74) is 9.47. The monoisotopic (exact) mass is 477 g/mol. The van der Waals surface area contributed by atoms with E-state index in [1.54, 1.807) is 19.2 Å². The van der Waals surface area contributed by atoms with Crippen LogP contribution in [0.25, 0.3) is 10.8 Å². The lowest BCUT2D eigenvalue weighted by Crippen LogP contribution is -2.55. The quantitative estimate of drug-likeness (QED) is 0.559. The third kappa shape index (κ3) is 5.03. The number of benzene rings is 3. The summed E-state index contributed by atoms with van der Waals surface area (Å²) in [5, 5.41) is 1.99. The number of nitrogens with two attached hydrogens (primary N) is 1. The maximum Gasteiger partial charge on any atom is 0.248 e. The molecule has 2 atom stereocenters. The molecular weight excluding hydrogens is 445 g/mol. The van der Waals surface area contributed by atoms with E-state index in [4.69, 9.17) is 15.2 Å². The molecule has 0 bridgehead atoms. The van der Waals surface area contributed by atoms with E-state index < -0.39 is 5.91 Å². The molecule has 3 aromatic rings. The Balaban J connectivity index is 1.28. The first kappa shape index (κ1) is 23.7. The van der Waals surface area contributed by atoms with E-state index in [0.717, 1.165) is 66.6 Å². The van der Waals surface area contributed by atoms with Gasteiger partial charge in [0.1, 0.15) is 5.82 Å². The van der Waals surface area contributed by atoms with Crippen LogP contribution in [0.5, 0.6) is 0 Å². The number of hydrogen-bond donors (Lipinski definition) is 1. The first-order chi connectivity index (χ1) is 17.0. The first-order valence-electron chi connectivity index (χ1n) is 12.2. The van der Waals surface area contributed by atoms with Gasteiger partial charge in [-0.15, -0.1) is 0 Å². The summed E-state index contributed by atoms with van der Waals surface area (Å²) in [6.45, 7) is 4.82. The summed E-state index contributed by atoms with van der Waals surface area (Å²) < 4.78 is 25.5. The topological polar surface area (TPSA) is 68.0 Å². The number of hydrogen-bond acceptors (Lipinski definition) is 5. The number of ether oxygens (including phenoxy) is 2. The highest BCUT2D eigenvalue weighted by Gasteiger charge is 2.29. The van der Waals surface area contributed by atoms with Gasteiger partial charge in [0.05, 0.1) is 25.4 Å². The number of anilines is 1. The number of halogens is 1. The fraction of sp³-hybridized carbons (Fsp3) is 0.393. The van der Waals surface area contributed by atoms with Gasteiger partial charge < -0.3 is 20.1 Å². The SMILES string of the molecule is COCC1CN(c2cccc3cc(F)ccc23)CCN1CC[C@@H]1OCCc2cc(C(N)=O)ccc21. The van der Waals surface area contributed by atoms with Crippen LogP contribution in [0.2, 0.25) is 0 Å². The molecule has 0 aromatic heterocycles. The summed E-state index contributed by atoms with van der Waals surface area (Å²) in [7, 11) is 1.74. The molecule has 5 rings (SSSR count). The van der Waals surface area contributed by atoms with Crippen molar-refractivity contribution in [2.24, 2.45) is 5.73 Å². The van der Waals surface area contributed by atoms with Crippen molar-refractivity contribution in [1.29, 1.82) is 0 Å². The highest BCUT2D eigenvalue weighted by Crippen LogP contribution is 2.32. The van der Waals surface area contributed by atoms with Crippen molar-refractivity contribution in [1.82, 2.24) is 4.90 Å². The van der Waals surface area contributed by atoms with Gasteiger partial charge in [-0.25, -0.2) is 4.39 Å². The zero-order valence-electron chi connectivity index (χ0n) is 20.1. The molecule has 3 aromatic carbocycles. The lowest BCUT2D eigenvalue weighted by Gasteiger charge is -2.43. The van der Waals surface area contributed by atoms with Crippen LogP contribution < -0.4 is 10.6 Å². The number of piperazine rings is 1. The fourth-order valence-electron chi connectivity index (χ4n) is 5.48. The van der Waals surface area contributed by atoms with E-state index in [9.17, 15) is 9.18 Å². The average Bonchev–Trinajstić information content (AvgIpc) is 2.87. The number of primary amides is 1. The summed E-state index contributed by atoms with van der Waals surface area (Å²) in [6.07, 6.45) is 1.68. The van der Waals surface area contributed by atoms with E-state index in [0.29, 0.717) is 18.8 Å². The van der Waals surface area contributed by atoms with Crippen LogP contribution in [-0.4, -0.2) is 63.4 Å². The van der Waals surface area contributed by atoms with Gasteiger partial charge in [0.25, 0.3) is 0 Å². The van der Waals surface area contributed by atoms with Crippen molar-refractivity contribution < 1.29 is 18.7 Å². The summed E-state index contributed by atoms with van der Waals surface area (Å²) >= 11 is 0. The molecule has 2 aliphatic heterocycles. The number of methoxy groups -OCH3 is 1. The standard InChI is InChI=1S/C28H32FN3O3/c1-34-18-23-17-32(26-4-2-3-19-16-22(29)6-8-24(19)26)13-12-31(23)11-9-27-25-7-5-21(28(30)33)15-20(25)10-14-35-27/h2-8,15-16,23,27H,9-14,17-18H2,1H3,(H2,30,33)/t23?,27-/m0/s1. The minimum absolute atomic E-state index is 0.00913. The van der Waals surface area contributed by atoms with Crippen LogP contribution in [0.3, 0.4) is 0 Å². The summed E-state index contributed by atoms with van der Waals surface area (Å²) in [4.78, 5) is 16.4. The van der Waals surface area contributed by atoms with E-state index in [2.05, 4.69) is 15.9 Å². The van der Waals surface area contributed by atoms with E-state index in [1.165, 1.54) is 6.07 Å². The highest BCUT2D eigenvalue weighted by molar-refractivity contribution is 5.94. The predicted octanol–water partition coefficient (Wildman–Crippen LogP) is 3.92. The summed E-state index contributed by atoms with van der Waals surface area (Å²) in [6, 6.07) is 17.0. The Morgan fingerprint density at radius 1 is 1.17 bits per heavy atom. The Kier molecular flexibility index (Phi) is 7.00. The second-order valence-electron chi connectivity index (χ2n) is 9.41. The molecule has 2 aliphatic rings. The van der Waals surface area contributed by atoms with Crippen LogP contribution in [0.15, 0.2) is 54.6 Å². The molecule has 6 nitrogen and oxygen atoms in total. The van der Waals surface area contributed by atoms with Crippen LogP contribution in [0, 0.1) is 5.82 Å². The third-order valence-electron chi connectivity index (χ3n) is 7.27. The zero-order valence-corrected chi connectivity index (χ0v) is 20.1. The van der Waals surface area contributed by atoms with Crippen LogP contribution in [-0.2, 0) is 15.9 Å². The average molecular weight is 478 g/mol. The van der Waals surface area contributed by atoms with Crippen molar-refractivity contribution >= 4 is 22.4 Å². The molecule has 1 amide bonds. The second-order valence-corrected chi connectivity index (χ2v) is 9.41. The smallest absolute Gasteiger partial charge is 0.248 e. The number of carbonyl (C=O) groups excluding carboxylic acids is 1. The van der Waals surface area contributed by atoms with E-state index in [1.807, 2.05) is 30.3 Å². The molecule has 2 N–H and O–H groups in total. The van der Waals surface area contributed by atoms with Gasteiger partial charge in [0, 0.05) is 49.9 Å². The molecule has 0 saturated carbocycles. The van der Waals surface area contributed by atoms with Crippen molar-refractivity contribution in [2.75, 3.05) is 51.4 Å². The van der Waals surface area contributed by atoms with Crippen molar-refractivity contribution in [2.45, 2.75) is 25.0 Å². The molecule has 2 heterocycles. The number of rotatable bonds is 7. The van der Waals surface area contributed by atoms with Crippen molar-refractivity contribution in [3.8, 4) is 0 Å². The minimum Gasteiger partial charge on any atom is -0.383 e. The lowest BCUT2D eigenvalue weighted by atomic mass is 9.93. The Morgan fingerprint density at radius 3 is 2.89 bits per heavy atom. The van der Waals surface area contributed by atoms with Crippen LogP contribution in [0.1, 0.15) is 34.0 Å². The third-order valence-corrected chi connectivity index (χ3v) is 7.27. The molecule has 0 aliphatic carbocycles. The minimum atomic E-state index is -0.396. The molecule has 1 unspecified atom stereocenters.